The predicted molar refractivity (Wildman–Crippen MR) is 175 cm³/mol. The van der Waals surface area contributed by atoms with Gasteiger partial charge in [0.1, 0.15) is 5.69 Å². The lowest BCUT2D eigenvalue weighted by Gasteiger charge is -2.18. The summed E-state index contributed by atoms with van der Waals surface area (Å²) in [6, 6.07) is 20.4. The minimum atomic E-state index is -0.520. The molecule has 0 fully saturated rings. The molecule has 0 unspecified atom stereocenters. The topological polar surface area (TPSA) is 141 Å². The molecule has 3 heterocycles. The van der Waals surface area contributed by atoms with E-state index in [1.54, 1.807) is 6.07 Å². The number of H-pyrrole nitrogens is 1. The van der Waals surface area contributed by atoms with Crippen LogP contribution in [0.1, 0.15) is 66.8 Å². The third kappa shape index (κ3) is 8.42. The number of aromatic amines is 1. The number of carbonyl (C=O) groups is 2. The fraction of sp³-hybridized carbons (Fsp3) is 0.324. The minimum absolute atomic E-state index is 0.0251. The molecule has 46 heavy (non-hydrogen) atoms. The Labute approximate surface area is 272 Å². The van der Waals surface area contributed by atoms with E-state index in [-0.39, 0.29) is 24.0 Å². The third-order valence-electron chi connectivity index (χ3n) is 7.50. The van der Waals surface area contributed by atoms with Crippen molar-refractivity contribution in [1.82, 2.24) is 40.7 Å². The zero-order chi connectivity index (χ0) is 32.3. The van der Waals surface area contributed by atoms with Gasteiger partial charge in [0, 0.05) is 34.1 Å². The van der Waals surface area contributed by atoms with E-state index in [0.29, 0.717) is 30.4 Å². The summed E-state index contributed by atoms with van der Waals surface area (Å²) in [6.07, 6.45) is 5.56. The first-order valence-electron chi connectivity index (χ1n) is 15.5. The number of pyridine rings is 1. The summed E-state index contributed by atoms with van der Waals surface area (Å²) < 4.78 is 7.23. The van der Waals surface area contributed by atoms with Crippen molar-refractivity contribution >= 4 is 23.5 Å². The minimum Gasteiger partial charge on any atom is -0.466 e. The van der Waals surface area contributed by atoms with Gasteiger partial charge in [0.2, 0.25) is 0 Å². The normalized spacial score (nSPS) is 11.7. The summed E-state index contributed by atoms with van der Waals surface area (Å²) in [5, 5.41) is 22.5. The summed E-state index contributed by atoms with van der Waals surface area (Å²) in [5.74, 6) is -0.156. The number of esters is 1. The van der Waals surface area contributed by atoms with Crippen molar-refractivity contribution in [2.75, 3.05) is 6.61 Å². The van der Waals surface area contributed by atoms with Crippen LogP contribution in [0.2, 0.25) is 5.02 Å². The number of aromatic nitrogens is 7. The summed E-state index contributed by atoms with van der Waals surface area (Å²) >= 11 is 6.41. The Bertz CT molecular complexity index is 1740. The van der Waals surface area contributed by atoms with Crippen LogP contribution in [0.3, 0.4) is 0 Å². The maximum absolute atomic E-state index is 13.5. The number of tetrazole rings is 1. The highest BCUT2D eigenvalue weighted by molar-refractivity contribution is 6.31. The number of benzene rings is 2. The summed E-state index contributed by atoms with van der Waals surface area (Å²) in [7, 11) is 0. The number of hydrogen-bond acceptors (Lipinski definition) is 8. The Morgan fingerprint density at radius 2 is 1.83 bits per heavy atom. The number of nitrogens with zero attached hydrogens (tertiary/aromatic N) is 6. The van der Waals surface area contributed by atoms with Crippen LogP contribution in [0.4, 0.5) is 0 Å². The quantitative estimate of drug-likeness (QED) is 0.107. The van der Waals surface area contributed by atoms with Gasteiger partial charge in [0.15, 0.2) is 5.82 Å². The lowest BCUT2D eigenvalue weighted by atomic mass is 10.0. The van der Waals surface area contributed by atoms with Crippen LogP contribution < -0.4 is 5.32 Å². The SMILES string of the molecule is CCCCOC(=O)C[C@@H](Cc1ccccc1Cl)NC(=O)c1cc(CCC)n(Cc2ccc(-c3ccccc3-c3nnn[nH]3)nc2)n1. The number of unbranched alkanes of at least 4 members (excludes halogenated alkanes) is 1. The predicted octanol–water partition coefficient (Wildman–Crippen LogP) is 5.85. The number of carbonyl (C=O) groups excluding carboxylic acids is 2. The van der Waals surface area contributed by atoms with E-state index in [1.165, 1.54) is 0 Å². The van der Waals surface area contributed by atoms with Crippen molar-refractivity contribution in [2.45, 2.75) is 65.0 Å². The zero-order valence-electron chi connectivity index (χ0n) is 25.9. The van der Waals surface area contributed by atoms with E-state index >= 15 is 0 Å². The highest BCUT2D eigenvalue weighted by atomic mass is 35.5. The molecule has 0 aliphatic rings. The molecule has 1 amide bonds. The maximum atomic E-state index is 13.5. The second-order valence-corrected chi connectivity index (χ2v) is 11.4. The van der Waals surface area contributed by atoms with Gasteiger partial charge >= 0.3 is 5.97 Å². The molecule has 11 nitrogen and oxygen atoms in total. The first-order chi connectivity index (χ1) is 22.4. The van der Waals surface area contributed by atoms with Crippen molar-refractivity contribution in [3.63, 3.8) is 0 Å². The molecule has 0 radical (unpaired) electrons. The van der Waals surface area contributed by atoms with Crippen LogP contribution in [-0.4, -0.2) is 59.9 Å². The average Bonchev–Trinajstić information content (AvgIpc) is 3.74. The van der Waals surface area contributed by atoms with Gasteiger partial charge in [-0.2, -0.15) is 5.10 Å². The third-order valence-corrected chi connectivity index (χ3v) is 7.86. The van der Waals surface area contributed by atoms with Crippen LogP contribution in [0.15, 0.2) is 72.9 Å². The first-order valence-corrected chi connectivity index (χ1v) is 15.9. The van der Waals surface area contributed by atoms with Crippen LogP contribution in [0.25, 0.3) is 22.6 Å². The Balaban J connectivity index is 1.32. The van der Waals surface area contributed by atoms with E-state index in [2.05, 4.69) is 38.0 Å². The van der Waals surface area contributed by atoms with E-state index in [0.717, 1.165) is 59.3 Å². The number of nitrogens with one attached hydrogen (secondary N) is 2. The van der Waals surface area contributed by atoms with Gasteiger partial charge in [-0.25, -0.2) is 5.10 Å². The summed E-state index contributed by atoms with van der Waals surface area (Å²) in [5.41, 5.74) is 5.52. The van der Waals surface area contributed by atoms with Crippen molar-refractivity contribution in [2.24, 2.45) is 0 Å². The molecule has 12 heteroatoms. The average molecular weight is 641 g/mol. The zero-order valence-corrected chi connectivity index (χ0v) is 26.7. The van der Waals surface area contributed by atoms with Crippen LogP contribution >= 0.6 is 11.6 Å². The van der Waals surface area contributed by atoms with Gasteiger partial charge < -0.3 is 10.1 Å². The second-order valence-electron chi connectivity index (χ2n) is 11.0. The van der Waals surface area contributed by atoms with Crippen molar-refractivity contribution < 1.29 is 14.3 Å². The molecule has 5 aromatic rings. The van der Waals surface area contributed by atoms with Gasteiger partial charge in [0.25, 0.3) is 5.91 Å². The lowest BCUT2D eigenvalue weighted by molar-refractivity contribution is -0.144. The van der Waals surface area contributed by atoms with Gasteiger partial charge in [-0.15, -0.1) is 5.10 Å². The molecule has 0 aliphatic carbocycles. The summed E-state index contributed by atoms with van der Waals surface area (Å²) in [4.78, 5) is 30.9. The lowest BCUT2D eigenvalue weighted by Crippen LogP contribution is -2.38. The molecule has 0 bridgehead atoms. The van der Waals surface area contributed by atoms with Crippen LogP contribution in [-0.2, 0) is 28.9 Å². The van der Waals surface area contributed by atoms with E-state index < -0.39 is 6.04 Å². The molecule has 2 N–H and O–H groups in total. The monoisotopic (exact) mass is 640 g/mol. The molecule has 0 spiro atoms. The molecule has 0 aliphatic heterocycles. The number of ether oxygens (including phenoxy) is 1. The van der Waals surface area contributed by atoms with E-state index in [9.17, 15) is 9.59 Å². The maximum Gasteiger partial charge on any atom is 0.307 e. The number of amides is 1. The number of halogens is 1. The first kappa shape index (κ1) is 32.5. The fourth-order valence-electron chi connectivity index (χ4n) is 5.15. The molecule has 2 aromatic carbocycles. The molecule has 0 saturated heterocycles. The number of rotatable bonds is 15. The molecule has 3 aromatic heterocycles. The van der Waals surface area contributed by atoms with Crippen molar-refractivity contribution in [1.29, 1.82) is 0 Å². The van der Waals surface area contributed by atoms with Crippen LogP contribution in [0, 0.1) is 0 Å². The Kier molecular flexibility index (Phi) is 11.2. The Hall–Kier alpha value is -4.90. The largest absolute Gasteiger partial charge is 0.466 e. The van der Waals surface area contributed by atoms with E-state index in [1.807, 2.05) is 78.5 Å². The van der Waals surface area contributed by atoms with Crippen LogP contribution in [0.5, 0.6) is 0 Å². The molecule has 0 saturated carbocycles. The van der Waals surface area contributed by atoms with Gasteiger partial charge in [-0.05, 0) is 59.0 Å². The van der Waals surface area contributed by atoms with Crippen molar-refractivity contribution in [3.05, 3.63) is 100 Å². The van der Waals surface area contributed by atoms with Crippen molar-refractivity contribution in [3.8, 4) is 22.6 Å². The molecular formula is C34H37ClN8O3. The molecule has 5 rings (SSSR count). The highest BCUT2D eigenvalue weighted by Crippen LogP contribution is 2.28. The number of hydrogen-bond donors (Lipinski definition) is 2. The smallest absolute Gasteiger partial charge is 0.307 e. The molecular weight excluding hydrogens is 604 g/mol. The van der Waals surface area contributed by atoms with Gasteiger partial charge in [0.05, 0.1) is 25.3 Å². The van der Waals surface area contributed by atoms with Gasteiger partial charge in [-0.3, -0.25) is 19.3 Å². The van der Waals surface area contributed by atoms with E-state index in [4.69, 9.17) is 21.3 Å². The number of aryl methyl sites for hydroxylation is 1. The highest BCUT2D eigenvalue weighted by Gasteiger charge is 2.22. The standard InChI is InChI=1S/C34H37ClN8O3/c1-3-5-17-46-32(44)19-25(18-24-11-6-9-14-29(24)35)37-34(45)31-20-26(10-4-2)43(40-31)22-23-15-16-30(36-21-23)27-12-7-8-13-28(27)33-38-41-42-39-33/h6-9,11-16,20-21,25H,3-5,10,17-19,22H2,1-2H3,(H,37,45)(H,38,39,41,42)/t25-/m1/s1. The molecule has 238 valence electrons. The molecule has 1 atom stereocenters. The van der Waals surface area contributed by atoms with Gasteiger partial charge in [-0.1, -0.05) is 86.8 Å². The fourth-order valence-corrected chi connectivity index (χ4v) is 5.36. The Morgan fingerprint density at radius 3 is 2.54 bits per heavy atom. The Morgan fingerprint density at radius 1 is 1.02 bits per heavy atom. The second kappa shape index (κ2) is 15.9. The summed E-state index contributed by atoms with van der Waals surface area (Å²) in [6.45, 7) is 4.91.